The number of carbonyl (C=O) groups is 1. The Kier molecular flexibility index (Phi) is 3.72. The molecule has 1 fully saturated rings. The van der Waals surface area contributed by atoms with Crippen molar-refractivity contribution in [1.82, 2.24) is 5.32 Å². The van der Waals surface area contributed by atoms with Gasteiger partial charge in [0, 0.05) is 6.26 Å². The highest BCUT2D eigenvalue weighted by Gasteiger charge is 2.39. The van der Waals surface area contributed by atoms with Crippen molar-refractivity contribution in [2.24, 2.45) is 5.41 Å². The van der Waals surface area contributed by atoms with Crippen LogP contribution in [0.3, 0.4) is 0 Å². The van der Waals surface area contributed by atoms with E-state index < -0.39 is 21.2 Å². The number of rotatable bonds is 4. The minimum Gasteiger partial charge on any atom is -0.481 e. The molecule has 88 valence electrons. The van der Waals surface area contributed by atoms with E-state index in [2.05, 4.69) is 5.32 Å². The van der Waals surface area contributed by atoms with Crippen LogP contribution < -0.4 is 5.32 Å². The van der Waals surface area contributed by atoms with Crippen molar-refractivity contribution in [3.05, 3.63) is 0 Å². The van der Waals surface area contributed by atoms with E-state index in [1.165, 1.54) is 0 Å². The lowest BCUT2D eigenvalue weighted by molar-refractivity contribution is -0.150. The summed E-state index contributed by atoms with van der Waals surface area (Å²) in [7, 11) is -3.08. The molecule has 0 radical (unpaired) electrons. The first-order valence-corrected chi connectivity index (χ1v) is 7.04. The SMILES string of the molecule is CS(=O)(=O)CCC1(C(=O)O)CCNCC1. The zero-order chi connectivity index (χ0) is 11.5. The minimum atomic E-state index is -3.08. The average Bonchev–Trinajstić information content (AvgIpc) is 2.15. The fraction of sp³-hybridized carbons (Fsp3) is 0.889. The van der Waals surface area contributed by atoms with Crippen LogP contribution in [0.4, 0.5) is 0 Å². The van der Waals surface area contributed by atoms with Crippen LogP contribution in [0.25, 0.3) is 0 Å². The van der Waals surface area contributed by atoms with Gasteiger partial charge in [0.25, 0.3) is 0 Å². The van der Waals surface area contributed by atoms with E-state index in [1.54, 1.807) is 0 Å². The van der Waals surface area contributed by atoms with Gasteiger partial charge in [-0.15, -0.1) is 0 Å². The van der Waals surface area contributed by atoms with E-state index in [4.69, 9.17) is 5.11 Å². The smallest absolute Gasteiger partial charge is 0.309 e. The predicted octanol–water partition coefficient (Wildman–Crippen LogP) is -0.124. The van der Waals surface area contributed by atoms with Gasteiger partial charge in [0.15, 0.2) is 0 Å². The quantitative estimate of drug-likeness (QED) is 0.709. The van der Waals surface area contributed by atoms with Crippen molar-refractivity contribution in [2.75, 3.05) is 25.1 Å². The topological polar surface area (TPSA) is 83.5 Å². The average molecular weight is 235 g/mol. The van der Waals surface area contributed by atoms with Gasteiger partial charge in [0.2, 0.25) is 0 Å². The van der Waals surface area contributed by atoms with E-state index in [-0.39, 0.29) is 12.2 Å². The molecular formula is C9H17NO4S. The summed E-state index contributed by atoms with van der Waals surface area (Å²) < 4.78 is 22.1. The second-order valence-corrected chi connectivity index (χ2v) is 6.48. The third-order valence-electron chi connectivity index (χ3n) is 2.97. The second-order valence-electron chi connectivity index (χ2n) is 4.22. The number of piperidine rings is 1. The molecule has 0 aromatic rings. The molecule has 1 aliphatic rings. The summed E-state index contributed by atoms with van der Waals surface area (Å²) in [6, 6.07) is 0. The van der Waals surface area contributed by atoms with Gasteiger partial charge in [-0.25, -0.2) is 8.42 Å². The molecule has 0 saturated carbocycles. The minimum absolute atomic E-state index is 0.0424. The number of hydrogen-bond acceptors (Lipinski definition) is 4. The Bertz CT molecular complexity index is 330. The molecule has 15 heavy (non-hydrogen) atoms. The van der Waals surface area contributed by atoms with Crippen molar-refractivity contribution in [3.63, 3.8) is 0 Å². The largest absolute Gasteiger partial charge is 0.481 e. The molecule has 6 heteroatoms. The van der Waals surface area contributed by atoms with Gasteiger partial charge in [-0.3, -0.25) is 4.79 Å². The Labute approximate surface area is 89.8 Å². The lowest BCUT2D eigenvalue weighted by atomic mass is 9.77. The number of aliphatic carboxylic acids is 1. The lowest BCUT2D eigenvalue weighted by Crippen LogP contribution is -2.43. The Morgan fingerprint density at radius 1 is 1.40 bits per heavy atom. The summed E-state index contributed by atoms with van der Waals surface area (Å²) >= 11 is 0. The Morgan fingerprint density at radius 3 is 2.33 bits per heavy atom. The van der Waals surface area contributed by atoms with E-state index in [0.29, 0.717) is 25.9 Å². The van der Waals surface area contributed by atoms with Crippen molar-refractivity contribution in [3.8, 4) is 0 Å². The summed E-state index contributed by atoms with van der Waals surface area (Å²) in [6.45, 7) is 1.30. The van der Waals surface area contributed by atoms with Crippen LogP contribution >= 0.6 is 0 Å². The van der Waals surface area contributed by atoms with E-state index in [9.17, 15) is 13.2 Å². The van der Waals surface area contributed by atoms with Crippen molar-refractivity contribution in [2.45, 2.75) is 19.3 Å². The van der Waals surface area contributed by atoms with E-state index in [1.807, 2.05) is 0 Å². The molecule has 1 rings (SSSR count). The van der Waals surface area contributed by atoms with E-state index >= 15 is 0 Å². The van der Waals surface area contributed by atoms with Crippen molar-refractivity contribution >= 4 is 15.8 Å². The molecular weight excluding hydrogens is 218 g/mol. The molecule has 1 aliphatic heterocycles. The molecule has 1 saturated heterocycles. The van der Waals surface area contributed by atoms with Gasteiger partial charge >= 0.3 is 5.97 Å². The first kappa shape index (κ1) is 12.4. The molecule has 0 atom stereocenters. The summed E-state index contributed by atoms with van der Waals surface area (Å²) in [4.78, 5) is 11.2. The standard InChI is InChI=1S/C9H17NO4S/c1-15(13,14)7-4-9(8(11)12)2-5-10-6-3-9/h10H,2-7H2,1H3,(H,11,12). The molecule has 0 aliphatic carbocycles. The molecule has 2 N–H and O–H groups in total. The molecule has 0 spiro atoms. The Balaban J connectivity index is 2.69. The maximum Gasteiger partial charge on any atom is 0.309 e. The fourth-order valence-corrected chi connectivity index (χ4v) is 2.62. The Hall–Kier alpha value is -0.620. The van der Waals surface area contributed by atoms with Crippen LogP contribution in [0, 0.1) is 5.41 Å². The predicted molar refractivity (Wildman–Crippen MR) is 56.5 cm³/mol. The van der Waals surface area contributed by atoms with Crippen LogP contribution in [-0.2, 0) is 14.6 Å². The number of nitrogens with one attached hydrogen (secondary N) is 1. The summed E-state index contributed by atoms with van der Waals surface area (Å²) in [5, 5.41) is 12.2. The molecule has 1 heterocycles. The highest BCUT2D eigenvalue weighted by Crippen LogP contribution is 2.33. The maximum atomic E-state index is 11.2. The lowest BCUT2D eigenvalue weighted by Gasteiger charge is -2.33. The van der Waals surface area contributed by atoms with Gasteiger partial charge in [0.1, 0.15) is 9.84 Å². The van der Waals surface area contributed by atoms with Crippen LogP contribution in [0.15, 0.2) is 0 Å². The number of hydrogen-bond donors (Lipinski definition) is 2. The molecule has 0 unspecified atom stereocenters. The van der Waals surface area contributed by atoms with E-state index in [0.717, 1.165) is 6.26 Å². The van der Waals surface area contributed by atoms with Crippen LogP contribution in [-0.4, -0.2) is 44.6 Å². The van der Waals surface area contributed by atoms with Crippen molar-refractivity contribution in [1.29, 1.82) is 0 Å². The molecule has 0 amide bonds. The Morgan fingerprint density at radius 2 is 1.93 bits per heavy atom. The number of carboxylic acid groups (broad SMARTS) is 1. The van der Waals surface area contributed by atoms with Gasteiger partial charge < -0.3 is 10.4 Å². The third kappa shape index (κ3) is 3.46. The monoisotopic (exact) mass is 235 g/mol. The molecule has 0 bridgehead atoms. The van der Waals surface area contributed by atoms with Gasteiger partial charge in [0.05, 0.1) is 11.2 Å². The first-order valence-electron chi connectivity index (χ1n) is 4.98. The summed E-state index contributed by atoms with van der Waals surface area (Å²) in [5.41, 5.74) is -0.839. The fourth-order valence-electron chi connectivity index (χ4n) is 1.86. The highest BCUT2D eigenvalue weighted by molar-refractivity contribution is 7.90. The summed E-state index contributed by atoms with van der Waals surface area (Å²) in [5.74, 6) is -0.910. The summed E-state index contributed by atoms with van der Waals surface area (Å²) in [6.07, 6.45) is 2.39. The second kappa shape index (κ2) is 4.49. The van der Waals surface area contributed by atoms with Crippen molar-refractivity contribution < 1.29 is 18.3 Å². The zero-order valence-electron chi connectivity index (χ0n) is 8.82. The number of sulfone groups is 1. The highest BCUT2D eigenvalue weighted by atomic mass is 32.2. The normalized spacial score (nSPS) is 21.1. The molecule has 0 aromatic heterocycles. The maximum absolute atomic E-state index is 11.2. The van der Waals surface area contributed by atoms with Crippen LogP contribution in [0.1, 0.15) is 19.3 Å². The van der Waals surface area contributed by atoms with Gasteiger partial charge in [-0.2, -0.15) is 0 Å². The van der Waals surface area contributed by atoms with Crippen LogP contribution in [0.5, 0.6) is 0 Å². The first-order chi connectivity index (χ1) is 6.86. The number of carboxylic acids is 1. The third-order valence-corrected chi connectivity index (χ3v) is 3.91. The van der Waals surface area contributed by atoms with Crippen LogP contribution in [0.2, 0.25) is 0 Å². The molecule has 0 aromatic carbocycles. The van der Waals surface area contributed by atoms with Gasteiger partial charge in [-0.1, -0.05) is 0 Å². The van der Waals surface area contributed by atoms with Gasteiger partial charge in [-0.05, 0) is 32.4 Å². The zero-order valence-corrected chi connectivity index (χ0v) is 9.64. The molecule has 5 nitrogen and oxygen atoms in total.